The average molecular weight is 221 g/mol. The van der Waals surface area contributed by atoms with Gasteiger partial charge in [-0.2, -0.15) is 0 Å². The standard InChI is InChI=1S/C14H28BN/c1-5-16-11-9-13(4)6-7-14(8-10-15)12(2)3/h16H,4-11,15H2,1-3H3. The van der Waals surface area contributed by atoms with Gasteiger partial charge in [-0.15, -0.1) is 0 Å². The molecule has 0 rings (SSSR count). The van der Waals surface area contributed by atoms with Crippen molar-refractivity contribution in [1.29, 1.82) is 0 Å². The summed E-state index contributed by atoms with van der Waals surface area (Å²) >= 11 is 0. The van der Waals surface area contributed by atoms with E-state index in [2.05, 4.69) is 40.5 Å². The van der Waals surface area contributed by atoms with Crippen molar-refractivity contribution in [1.82, 2.24) is 5.32 Å². The lowest BCUT2D eigenvalue weighted by molar-refractivity contribution is 0.694. The van der Waals surface area contributed by atoms with Gasteiger partial charge in [0.1, 0.15) is 7.85 Å². The van der Waals surface area contributed by atoms with E-state index >= 15 is 0 Å². The minimum atomic E-state index is 1.06. The number of hydrogen-bond acceptors (Lipinski definition) is 1. The summed E-state index contributed by atoms with van der Waals surface area (Å²) in [6.07, 6.45) is 6.00. The Morgan fingerprint density at radius 3 is 2.31 bits per heavy atom. The van der Waals surface area contributed by atoms with Gasteiger partial charge in [0.05, 0.1) is 0 Å². The monoisotopic (exact) mass is 221 g/mol. The molecule has 16 heavy (non-hydrogen) atoms. The molecule has 0 aliphatic carbocycles. The van der Waals surface area contributed by atoms with Crippen LogP contribution < -0.4 is 5.32 Å². The van der Waals surface area contributed by atoms with Gasteiger partial charge < -0.3 is 5.32 Å². The van der Waals surface area contributed by atoms with E-state index in [1.165, 1.54) is 30.3 Å². The van der Waals surface area contributed by atoms with Gasteiger partial charge in [-0.25, -0.2) is 0 Å². The maximum atomic E-state index is 4.16. The molecule has 0 atom stereocenters. The maximum Gasteiger partial charge on any atom is 0.101 e. The van der Waals surface area contributed by atoms with Crippen LogP contribution in [-0.4, -0.2) is 20.9 Å². The Kier molecular flexibility index (Phi) is 9.41. The zero-order valence-electron chi connectivity index (χ0n) is 11.7. The molecule has 0 saturated carbocycles. The topological polar surface area (TPSA) is 12.0 Å². The van der Waals surface area contributed by atoms with E-state index in [9.17, 15) is 0 Å². The van der Waals surface area contributed by atoms with Gasteiger partial charge in [0.15, 0.2) is 0 Å². The zero-order chi connectivity index (χ0) is 12.4. The molecule has 1 nitrogen and oxygen atoms in total. The van der Waals surface area contributed by atoms with Crippen LogP contribution in [0.25, 0.3) is 0 Å². The molecule has 0 bridgehead atoms. The van der Waals surface area contributed by atoms with Crippen molar-refractivity contribution in [2.45, 2.75) is 52.8 Å². The van der Waals surface area contributed by atoms with Crippen molar-refractivity contribution in [2.24, 2.45) is 0 Å². The Morgan fingerprint density at radius 1 is 1.12 bits per heavy atom. The van der Waals surface area contributed by atoms with Crippen molar-refractivity contribution in [3.63, 3.8) is 0 Å². The van der Waals surface area contributed by atoms with E-state index in [-0.39, 0.29) is 0 Å². The first-order valence-corrected chi connectivity index (χ1v) is 6.64. The molecule has 1 N–H and O–H groups in total. The van der Waals surface area contributed by atoms with Crippen LogP contribution in [0.15, 0.2) is 23.3 Å². The molecule has 0 unspecified atom stereocenters. The van der Waals surface area contributed by atoms with E-state index < -0.39 is 0 Å². The highest BCUT2D eigenvalue weighted by atomic mass is 14.8. The zero-order valence-corrected chi connectivity index (χ0v) is 11.7. The van der Waals surface area contributed by atoms with Crippen LogP contribution in [0.2, 0.25) is 6.32 Å². The minimum Gasteiger partial charge on any atom is -0.317 e. The molecule has 0 spiro atoms. The van der Waals surface area contributed by atoms with Crippen molar-refractivity contribution < 1.29 is 0 Å². The third-order valence-corrected chi connectivity index (χ3v) is 2.94. The van der Waals surface area contributed by atoms with Crippen molar-refractivity contribution in [3.8, 4) is 0 Å². The van der Waals surface area contributed by atoms with Gasteiger partial charge in [-0.05, 0) is 52.6 Å². The highest BCUT2D eigenvalue weighted by Gasteiger charge is 2.01. The van der Waals surface area contributed by atoms with Crippen LogP contribution in [0.4, 0.5) is 0 Å². The molecule has 0 aromatic heterocycles. The van der Waals surface area contributed by atoms with Crippen molar-refractivity contribution in [2.75, 3.05) is 13.1 Å². The SMILES string of the molecule is BCCC(CCC(=C)CCNCC)=C(C)C. The lowest BCUT2D eigenvalue weighted by Gasteiger charge is -2.11. The minimum absolute atomic E-state index is 1.06. The van der Waals surface area contributed by atoms with Gasteiger partial charge in [-0.3, -0.25) is 0 Å². The van der Waals surface area contributed by atoms with Crippen molar-refractivity contribution in [3.05, 3.63) is 23.3 Å². The predicted molar refractivity (Wildman–Crippen MR) is 77.9 cm³/mol. The first-order chi connectivity index (χ1) is 7.61. The second kappa shape index (κ2) is 9.71. The van der Waals surface area contributed by atoms with E-state index in [0.29, 0.717) is 0 Å². The van der Waals surface area contributed by atoms with E-state index in [1.807, 2.05) is 0 Å². The highest BCUT2D eigenvalue weighted by Crippen LogP contribution is 2.19. The first kappa shape index (κ1) is 15.5. The molecular formula is C14H28BN. The van der Waals surface area contributed by atoms with Crippen molar-refractivity contribution >= 4 is 7.85 Å². The fourth-order valence-corrected chi connectivity index (χ4v) is 1.82. The molecule has 0 heterocycles. The smallest absolute Gasteiger partial charge is 0.101 e. The number of nitrogens with one attached hydrogen (secondary N) is 1. The molecule has 0 fully saturated rings. The molecule has 0 saturated heterocycles. The average Bonchev–Trinajstić information content (AvgIpc) is 2.24. The van der Waals surface area contributed by atoms with Gasteiger partial charge in [0.25, 0.3) is 0 Å². The predicted octanol–water partition coefficient (Wildman–Crippen LogP) is 3.10. The van der Waals surface area contributed by atoms with Crippen LogP contribution in [-0.2, 0) is 0 Å². The summed E-state index contributed by atoms with van der Waals surface area (Å²) in [5.41, 5.74) is 4.52. The normalized spacial score (nSPS) is 10.2. The van der Waals surface area contributed by atoms with Crippen LogP contribution in [0.5, 0.6) is 0 Å². The molecule has 0 aliphatic rings. The molecule has 0 aromatic carbocycles. The van der Waals surface area contributed by atoms with Crippen LogP contribution in [0.3, 0.4) is 0 Å². The summed E-state index contributed by atoms with van der Waals surface area (Å²) in [4.78, 5) is 0. The van der Waals surface area contributed by atoms with Gasteiger partial charge >= 0.3 is 0 Å². The van der Waals surface area contributed by atoms with Crippen LogP contribution in [0.1, 0.15) is 46.5 Å². The van der Waals surface area contributed by atoms with E-state index in [4.69, 9.17) is 0 Å². The summed E-state index contributed by atoms with van der Waals surface area (Å²) in [6.45, 7) is 12.9. The quantitative estimate of drug-likeness (QED) is 0.358. The Labute approximate surface area is 103 Å². The maximum absolute atomic E-state index is 4.16. The summed E-state index contributed by atoms with van der Waals surface area (Å²) in [7, 11) is 2.25. The molecule has 92 valence electrons. The Bertz CT molecular complexity index is 227. The lowest BCUT2D eigenvalue weighted by atomic mass is 9.91. The fraction of sp³-hybridized carbons (Fsp3) is 0.714. The third kappa shape index (κ3) is 7.75. The largest absolute Gasteiger partial charge is 0.317 e. The fourth-order valence-electron chi connectivity index (χ4n) is 1.82. The highest BCUT2D eigenvalue weighted by molar-refractivity contribution is 6.08. The summed E-state index contributed by atoms with van der Waals surface area (Å²) in [5, 5.41) is 3.34. The molecule has 2 heteroatoms. The summed E-state index contributed by atoms with van der Waals surface area (Å²) in [5.74, 6) is 0. The van der Waals surface area contributed by atoms with E-state index in [1.54, 1.807) is 5.57 Å². The number of rotatable bonds is 9. The third-order valence-electron chi connectivity index (χ3n) is 2.94. The summed E-state index contributed by atoms with van der Waals surface area (Å²) < 4.78 is 0. The lowest BCUT2D eigenvalue weighted by Crippen LogP contribution is -2.14. The first-order valence-electron chi connectivity index (χ1n) is 6.64. The molecule has 0 radical (unpaired) electrons. The van der Waals surface area contributed by atoms with Gasteiger partial charge in [0.2, 0.25) is 0 Å². The van der Waals surface area contributed by atoms with Gasteiger partial charge in [-0.1, -0.05) is 36.5 Å². The Hall–Kier alpha value is -0.495. The Balaban J connectivity index is 3.84. The number of hydrogen-bond donors (Lipinski definition) is 1. The molecule has 0 aromatic rings. The Morgan fingerprint density at radius 2 is 1.81 bits per heavy atom. The van der Waals surface area contributed by atoms with Crippen LogP contribution >= 0.6 is 0 Å². The molecule has 0 aliphatic heterocycles. The second-order valence-corrected chi connectivity index (χ2v) is 4.71. The molecular weight excluding hydrogens is 193 g/mol. The molecule has 0 amide bonds. The second-order valence-electron chi connectivity index (χ2n) is 4.71. The van der Waals surface area contributed by atoms with Crippen LogP contribution in [0, 0.1) is 0 Å². The number of allylic oxidation sites excluding steroid dienone is 2. The summed E-state index contributed by atoms with van der Waals surface area (Å²) in [6, 6.07) is 0. The van der Waals surface area contributed by atoms with Gasteiger partial charge in [0, 0.05) is 0 Å². The van der Waals surface area contributed by atoms with E-state index in [0.717, 1.165) is 25.9 Å².